The lowest BCUT2D eigenvalue weighted by Gasteiger charge is -2.24. The maximum atomic E-state index is 12.5. The summed E-state index contributed by atoms with van der Waals surface area (Å²) in [7, 11) is 2.95. The zero-order valence-electron chi connectivity index (χ0n) is 15.8. The van der Waals surface area contributed by atoms with E-state index in [0.717, 1.165) is 5.56 Å². The van der Waals surface area contributed by atoms with Crippen LogP contribution in [0.5, 0.6) is 11.5 Å². The van der Waals surface area contributed by atoms with Crippen LogP contribution < -0.4 is 19.7 Å². The molecular weight excluding hydrogens is 368 g/mol. The van der Waals surface area contributed by atoms with Crippen molar-refractivity contribution in [3.63, 3.8) is 0 Å². The molecule has 0 bridgehead atoms. The Labute approximate surface area is 164 Å². The van der Waals surface area contributed by atoms with Crippen LogP contribution in [-0.2, 0) is 9.59 Å². The first-order valence-corrected chi connectivity index (χ1v) is 8.79. The molecule has 0 saturated heterocycles. The number of nitrogens with one attached hydrogen (secondary N) is 1. The summed E-state index contributed by atoms with van der Waals surface area (Å²) >= 11 is 6.12. The minimum atomic E-state index is -0.305. The van der Waals surface area contributed by atoms with Gasteiger partial charge in [-0.25, -0.2) is 0 Å². The van der Waals surface area contributed by atoms with Gasteiger partial charge in [0.05, 0.1) is 31.0 Å². The molecule has 27 heavy (non-hydrogen) atoms. The third-order valence-electron chi connectivity index (χ3n) is 4.10. The van der Waals surface area contributed by atoms with Crippen LogP contribution in [0.2, 0.25) is 5.02 Å². The van der Waals surface area contributed by atoms with E-state index in [1.807, 2.05) is 37.3 Å². The number of methoxy groups -OCH3 is 2. The maximum Gasteiger partial charge on any atom is 0.240 e. The number of rotatable bonds is 7. The molecule has 1 N–H and O–H groups in total. The van der Waals surface area contributed by atoms with Gasteiger partial charge in [-0.15, -0.1) is 0 Å². The first-order chi connectivity index (χ1) is 12.9. The number of hydrogen-bond donors (Lipinski definition) is 1. The summed E-state index contributed by atoms with van der Waals surface area (Å²) in [6.07, 6.45) is 0. The third-order valence-corrected chi connectivity index (χ3v) is 4.40. The predicted octanol–water partition coefficient (Wildman–Crippen LogP) is 3.59. The van der Waals surface area contributed by atoms with Crippen molar-refractivity contribution < 1.29 is 19.1 Å². The summed E-state index contributed by atoms with van der Waals surface area (Å²) < 4.78 is 10.5. The van der Waals surface area contributed by atoms with Gasteiger partial charge in [0.1, 0.15) is 18.0 Å². The van der Waals surface area contributed by atoms with Crippen molar-refractivity contribution in [1.82, 2.24) is 5.32 Å². The summed E-state index contributed by atoms with van der Waals surface area (Å²) in [5, 5.41) is 3.25. The Balaban J connectivity index is 2.23. The first-order valence-electron chi connectivity index (χ1n) is 8.41. The van der Waals surface area contributed by atoms with Crippen LogP contribution in [0.25, 0.3) is 0 Å². The van der Waals surface area contributed by atoms with Gasteiger partial charge < -0.3 is 14.8 Å². The molecule has 1 atom stereocenters. The quantitative estimate of drug-likeness (QED) is 0.784. The highest BCUT2D eigenvalue weighted by atomic mass is 35.5. The zero-order chi connectivity index (χ0) is 20.0. The number of carbonyl (C=O) groups is 2. The normalized spacial score (nSPS) is 11.4. The van der Waals surface area contributed by atoms with Crippen LogP contribution in [0.3, 0.4) is 0 Å². The molecule has 2 rings (SSSR count). The van der Waals surface area contributed by atoms with Gasteiger partial charge in [-0.05, 0) is 12.5 Å². The van der Waals surface area contributed by atoms with Crippen molar-refractivity contribution >= 4 is 29.1 Å². The van der Waals surface area contributed by atoms with E-state index in [4.69, 9.17) is 21.1 Å². The van der Waals surface area contributed by atoms with Crippen LogP contribution >= 0.6 is 11.6 Å². The SMILES string of the molecule is COc1cc(N(CC(=O)NC(C)c2ccccc2)C(C)=O)c(OC)cc1Cl. The highest BCUT2D eigenvalue weighted by molar-refractivity contribution is 6.32. The first kappa shape index (κ1) is 20.6. The van der Waals surface area contributed by atoms with Crippen LogP contribution in [0.15, 0.2) is 42.5 Å². The van der Waals surface area contributed by atoms with Crippen LogP contribution in [-0.4, -0.2) is 32.6 Å². The Morgan fingerprint density at radius 1 is 1.11 bits per heavy atom. The lowest BCUT2D eigenvalue weighted by molar-refractivity contribution is -0.123. The second-order valence-corrected chi connectivity index (χ2v) is 6.37. The molecule has 2 amide bonds. The number of hydrogen-bond acceptors (Lipinski definition) is 4. The van der Waals surface area contributed by atoms with E-state index < -0.39 is 0 Å². The number of halogens is 1. The summed E-state index contributed by atoms with van der Waals surface area (Å²) in [5.41, 5.74) is 1.39. The molecule has 0 saturated carbocycles. The molecule has 1 unspecified atom stereocenters. The largest absolute Gasteiger partial charge is 0.495 e. The summed E-state index contributed by atoms with van der Waals surface area (Å²) in [4.78, 5) is 26.1. The smallest absolute Gasteiger partial charge is 0.240 e. The second kappa shape index (κ2) is 9.28. The van der Waals surface area contributed by atoms with Gasteiger partial charge in [0.2, 0.25) is 11.8 Å². The van der Waals surface area contributed by atoms with Gasteiger partial charge in [-0.2, -0.15) is 0 Å². The van der Waals surface area contributed by atoms with Crippen LogP contribution in [0.4, 0.5) is 5.69 Å². The molecular formula is C20H23ClN2O4. The van der Waals surface area contributed by atoms with E-state index in [-0.39, 0.29) is 24.4 Å². The van der Waals surface area contributed by atoms with Crippen LogP contribution in [0.1, 0.15) is 25.5 Å². The number of benzene rings is 2. The van der Waals surface area contributed by atoms with Crippen LogP contribution in [0, 0.1) is 0 Å². The predicted molar refractivity (Wildman–Crippen MR) is 106 cm³/mol. The number of amides is 2. The van der Waals surface area contributed by atoms with E-state index in [1.165, 1.54) is 26.0 Å². The fraction of sp³-hybridized carbons (Fsp3) is 0.300. The molecule has 144 valence electrons. The monoisotopic (exact) mass is 390 g/mol. The topological polar surface area (TPSA) is 67.9 Å². The van der Waals surface area contributed by atoms with Crippen molar-refractivity contribution in [2.45, 2.75) is 19.9 Å². The molecule has 0 aliphatic rings. The zero-order valence-corrected chi connectivity index (χ0v) is 16.5. The molecule has 0 aliphatic carbocycles. The maximum absolute atomic E-state index is 12.5. The molecule has 0 aliphatic heterocycles. The number of anilines is 1. The van der Waals surface area contributed by atoms with Crippen molar-refractivity contribution in [3.8, 4) is 11.5 Å². The van der Waals surface area contributed by atoms with Gasteiger partial charge in [-0.3, -0.25) is 14.5 Å². The standard InChI is InChI=1S/C20H23ClN2O4/c1-13(15-8-6-5-7-9-15)22-20(25)12-23(14(2)24)17-11-18(26-3)16(21)10-19(17)27-4/h5-11,13H,12H2,1-4H3,(H,22,25). The number of nitrogens with zero attached hydrogens (tertiary/aromatic N) is 1. The lowest BCUT2D eigenvalue weighted by Crippen LogP contribution is -2.40. The lowest BCUT2D eigenvalue weighted by atomic mass is 10.1. The molecule has 2 aromatic carbocycles. The highest BCUT2D eigenvalue weighted by Crippen LogP contribution is 2.38. The van der Waals surface area contributed by atoms with Crippen molar-refractivity contribution in [1.29, 1.82) is 0 Å². The minimum absolute atomic E-state index is 0.159. The molecule has 0 aromatic heterocycles. The van der Waals surface area contributed by atoms with Gasteiger partial charge in [-0.1, -0.05) is 41.9 Å². The molecule has 0 heterocycles. The Morgan fingerprint density at radius 2 is 1.74 bits per heavy atom. The molecule has 2 aromatic rings. The molecule has 0 fully saturated rings. The van der Waals surface area contributed by atoms with Gasteiger partial charge in [0, 0.05) is 19.1 Å². The Bertz CT molecular complexity index is 811. The Kier molecular flexibility index (Phi) is 7.07. The fourth-order valence-corrected chi connectivity index (χ4v) is 2.91. The Hall–Kier alpha value is -2.73. The van der Waals surface area contributed by atoms with Crippen molar-refractivity contribution in [2.75, 3.05) is 25.7 Å². The van der Waals surface area contributed by atoms with E-state index in [0.29, 0.717) is 22.2 Å². The fourth-order valence-electron chi connectivity index (χ4n) is 2.68. The van der Waals surface area contributed by atoms with E-state index in [2.05, 4.69) is 5.32 Å². The average Bonchev–Trinajstić information content (AvgIpc) is 2.66. The van der Waals surface area contributed by atoms with E-state index in [1.54, 1.807) is 12.1 Å². The minimum Gasteiger partial charge on any atom is -0.495 e. The van der Waals surface area contributed by atoms with E-state index >= 15 is 0 Å². The number of carbonyl (C=O) groups excluding carboxylic acids is 2. The summed E-state index contributed by atoms with van der Waals surface area (Å²) in [5.74, 6) is 0.161. The third kappa shape index (κ3) is 5.14. The van der Waals surface area contributed by atoms with Gasteiger partial charge in [0.25, 0.3) is 0 Å². The average molecular weight is 391 g/mol. The van der Waals surface area contributed by atoms with Gasteiger partial charge >= 0.3 is 0 Å². The molecule has 0 radical (unpaired) electrons. The Morgan fingerprint density at radius 3 is 2.30 bits per heavy atom. The van der Waals surface area contributed by atoms with Crippen molar-refractivity contribution in [3.05, 3.63) is 53.1 Å². The molecule has 0 spiro atoms. The van der Waals surface area contributed by atoms with Gasteiger partial charge in [0.15, 0.2) is 0 Å². The second-order valence-electron chi connectivity index (χ2n) is 5.96. The molecule has 7 heteroatoms. The summed E-state index contributed by atoms with van der Waals surface area (Å²) in [6.45, 7) is 3.11. The summed E-state index contributed by atoms with van der Waals surface area (Å²) in [6, 6.07) is 12.5. The molecule has 6 nitrogen and oxygen atoms in total. The van der Waals surface area contributed by atoms with Crippen molar-refractivity contribution in [2.24, 2.45) is 0 Å². The number of ether oxygens (including phenoxy) is 2. The van der Waals surface area contributed by atoms with E-state index in [9.17, 15) is 9.59 Å². The highest BCUT2D eigenvalue weighted by Gasteiger charge is 2.22.